The van der Waals surface area contributed by atoms with Crippen molar-refractivity contribution in [2.24, 2.45) is 10.7 Å². The van der Waals surface area contributed by atoms with Crippen LogP contribution >= 0.6 is 0 Å². The van der Waals surface area contributed by atoms with E-state index in [1.807, 2.05) is 6.07 Å². The summed E-state index contributed by atoms with van der Waals surface area (Å²) in [4.78, 5) is 16.1. The largest absolute Gasteiger partial charge is 0.507 e. The lowest BCUT2D eigenvalue weighted by molar-refractivity contribution is 0.0974. The van der Waals surface area contributed by atoms with Crippen molar-refractivity contribution in [1.82, 2.24) is 5.32 Å². The van der Waals surface area contributed by atoms with Gasteiger partial charge in [-0.15, -0.1) is 0 Å². The number of hydrogen-bond donors (Lipinski definition) is 3. The predicted molar refractivity (Wildman–Crippen MR) is 92.9 cm³/mol. The SMILES string of the molecule is N#Cc1ccc(O)c(C(=O)NC(N)=NCCF)c1-c1cccc(F)c1C#N. The van der Waals surface area contributed by atoms with Crippen LogP contribution in [0.3, 0.4) is 0 Å². The Morgan fingerprint density at radius 2 is 2.00 bits per heavy atom. The van der Waals surface area contributed by atoms with Crippen LogP contribution in [0.2, 0.25) is 0 Å². The molecule has 0 bridgehead atoms. The van der Waals surface area contributed by atoms with E-state index in [0.717, 1.165) is 12.1 Å². The lowest BCUT2D eigenvalue weighted by atomic mass is 9.90. The van der Waals surface area contributed by atoms with Crippen LogP contribution in [0.25, 0.3) is 11.1 Å². The zero-order chi connectivity index (χ0) is 20.0. The number of benzene rings is 2. The van der Waals surface area contributed by atoms with Crippen molar-refractivity contribution in [3.8, 4) is 29.0 Å². The number of alkyl halides is 1. The number of aliphatic imine (C=N–C) groups is 1. The Kier molecular flexibility index (Phi) is 6.02. The lowest BCUT2D eigenvalue weighted by Gasteiger charge is -2.14. The molecule has 1 amide bonds. The Bertz CT molecular complexity index is 1010. The average Bonchev–Trinajstić information content (AvgIpc) is 2.65. The number of amides is 1. The molecule has 0 radical (unpaired) electrons. The Morgan fingerprint density at radius 1 is 1.26 bits per heavy atom. The van der Waals surface area contributed by atoms with Gasteiger partial charge in [-0.1, -0.05) is 12.1 Å². The van der Waals surface area contributed by atoms with Crippen LogP contribution in [0.5, 0.6) is 5.75 Å². The molecule has 0 aliphatic rings. The van der Waals surface area contributed by atoms with Gasteiger partial charge in [0.15, 0.2) is 5.96 Å². The fraction of sp³-hybridized carbons (Fsp3) is 0.111. The number of phenolic OH excluding ortho intramolecular Hbond substituents is 1. The van der Waals surface area contributed by atoms with Gasteiger partial charge in [-0.25, -0.2) is 8.78 Å². The first kappa shape index (κ1) is 19.3. The molecule has 4 N–H and O–H groups in total. The minimum absolute atomic E-state index is 0.0469. The van der Waals surface area contributed by atoms with Crippen molar-refractivity contribution >= 4 is 11.9 Å². The van der Waals surface area contributed by atoms with E-state index in [4.69, 9.17) is 5.73 Å². The summed E-state index contributed by atoms with van der Waals surface area (Å²) in [7, 11) is 0. The van der Waals surface area contributed by atoms with Gasteiger partial charge in [0.25, 0.3) is 5.91 Å². The number of nitrogens with zero attached hydrogens (tertiary/aromatic N) is 3. The monoisotopic (exact) mass is 369 g/mol. The fourth-order valence-electron chi connectivity index (χ4n) is 2.42. The first-order chi connectivity index (χ1) is 12.9. The molecule has 0 aliphatic carbocycles. The topological polar surface area (TPSA) is 135 Å². The van der Waals surface area contributed by atoms with E-state index in [0.29, 0.717) is 0 Å². The van der Waals surface area contributed by atoms with Gasteiger partial charge in [-0.05, 0) is 18.2 Å². The van der Waals surface area contributed by atoms with Gasteiger partial charge < -0.3 is 10.8 Å². The zero-order valence-electron chi connectivity index (χ0n) is 13.8. The number of hydrogen-bond acceptors (Lipinski definition) is 5. The third-order valence-corrected chi connectivity index (χ3v) is 3.53. The van der Waals surface area contributed by atoms with E-state index in [-0.39, 0.29) is 23.2 Å². The summed E-state index contributed by atoms with van der Waals surface area (Å²) >= 11 is 0. The molecule has 0 aliphatic heterocycles. The number of carbonyl (C=O) groups is 1. The number of guanidine groups is 1. The number of phenols is 1. The summed E-state index contributed by atoms with van der Waals surface area (Å²) in [6.07, 6.45) is 0. The molecular formula is C18H13F2N5O2. The molecule has 0 fully saturated rings. The second kappa shape index (κ2) is 8.41. The third kappa shape index (κ3) is 3.99. The second-order valence-electron chi connectivity index (χ2n) is 5.18. The van der Waals surface area contributed by atoms with E-state index < -0.39 is 41.2 Å². The summed E-state index contributed by atoms with van der Waals surface area (Å²) in [5.41, 5.74) is 4.44. The maximum Gasteiger partial charge on any atom is 0.262 e. The molecule has 0 saturated heterocycles. The molecule has 0 atom stereocenters. The van der Waals surface area contributed by atoms with Gasteiger partial charge in [0, 0.05) is 11.1 Å². The van der Waals surface area contributed by atoms with Crippen molar-refractivity contribution < 1.29 is 18.7 Å². The summed E-state index contributed by atoms with van der Waals surface area (Å²) in [6, 6.07) is 9.56. The number of carbonyl (C=O) groups excluding carboxylic acids is 1. The van der Waals surface area contributed by atoms with Crippen molar-refractivity contribution in [2.75, 3.05) is 13.2 Å². The van der Waals surface area contributed by atoms with Crippen molar-refractivity contribution in [1.29, 1.82) is 10.5 Å². The second-order valence-corrected chi connectivity index (χ2v) is 5.18. The predicted octanol–water partition coefficient (Wildman–Crippen LogP) is 1.96. The molecular weight excluding hydrogens is 356 g/mol. The maximum atomic E-state index is 14.0. The maximum absolute atomic E-state index is 14.0. The van der Waals surface area contributed by atoms with Crippen molar-refractivity contribution in [3.05, 3.63) is 52.8 Å². The molecule has 2 aromatic carbocycles. The molecule has 2 aromatic rings. The minimum Gasteiger partial charge on any atom is -0.507 e. The van der Waals surface area contributed by atoms with Gasteiger partial charge in [0.2, 0.25) is 0 Å². The summed E-state index contributed by atoms with van der Waals surface area (Å²) in [5.74, 6) is -2.72. The number of nitrogens with one attached hydrogen (secondary N) is 1. The lowest BCUT2D eigenvalue weighted by Crippen LogP contribution is -2.37. The van der Waals surface area contributed by atoms with E-state index in [1.54, 1.807) is 6.07 Å². The molecule has 136 valence electrons. The Hall–Kier alpha value is -3.98. The molecule has 9 heteroatoms. The van der Waals surface area contributed by atoms with Crippen LogP contribution < -0.4 is 11.1 Å². The van der Waals surface area contributed by atoms with Crippen molar-refractivity contribution in [2.45, 2.75) is 0 Å². The smallest absolute Gasteiger partial charge is 0.262 e. The highest BCUT2D eigenvalue weighted by molar-refractivity contribution is 6.11. The van der Waals surface area contributed by atoms with Crippen LogP contribution in [-0.2, 0) is 0 Å². The van der Waals surface area contributed by atoms with Crippen LogP contribution in [0.4, 0.5) is 8.78 Å². The van der Waals surface area contributed by atoms with Gasteiger partial charge in [0.1, 0.15) is 24.3 Å². The third-order valence-electron chi connectivity index (χ3n) is 3.53. The van der Waals surface area contributed by atoms with E-state index >= 15 is 0 Å². The van der Waals surface area contributed by atoms with E-state index in [9.17, 15) is 29.2 Å². The van der Waals surface area contributed by atoms with Crippen LogP contribution in [-0.4, -0.2) is 30.2 Å². The number of nitrogens with two attached hydrogens (primary N) is 1. The standard InChI is InChI=1S/C18H13F2N5O2/c19-6-7-24-18(23)25-17(27)16-14(26)5-4-10(8-21)15(16)11-2-1-3-13(20)12(11)9-22/h1-5,26H,6-7H2,(H3,23,24,25,27). The van der Waals surface area contributed by atoms with Crippen LogP contribution in [0.1, 0.15) is 21.5 Å². The van der Waals surface area contributed by atoms with E-state index in [1.165, 1.54) is 18.2 Å². The number of halogens is 2. The number of rotatable bonds is 4. The van der Waals surface area contributed by atoms with Gasteiger partial charge in [-0.3, -0.25) is 15.1 Å². The first-order valence-corrected chi connectivity index (χ1v) is 7.56. The number of aromatic hydroxyl groups is 1. The zero-order valence-corrected chi connectivity index (χ0v) is 13.8. The van der Waals surface area contributed by atoms with Gasteiger partial charge >= 0.3 is 0 Å². The highest BCUT2D eigenvalue weighted by Gasteiger charge is 2.24. The minimum atomic E-state index is -0.951. The Labute approximate surface area is 153 Å². The first-order valence-electron chi connectivity index (χ1n) is 7.56. The summed E-state index contributed by atoms with van der Waals surface area (Å²) in [6.45, 7) is -1.06. The molecule has 27 heavy (non-hydrogen) atoms. The summed E-state index contributed by atoms with van der Waals surface area (Å²) in [5, 5.41) is 31.0. The van der Waals surface area contributed by atoms with Gasteiger partial charge in [0.05, 0.1) is 29.3 Å². The van der Waals surface area contributed by atoms with Crippen molar-refractivity contribution in [3.63, 3.8) is 0 Å². The number of nitriles is 2. The highest BCUT2D eigenvalue weighted by Crippen LogP contribution is 2.35. The summed E-state index contributed by atoms with van der Waals surface area (Å²) < 4.78 is 26.2. The molecule has 7 nitrogen and oxygen atoms in total. The fourth-order valence-corrected chi connectivity index (χ4v) is 2.42. The van der Waals surface area contributed by atoms with Crippen LogP contribution in [0, 0.1) is 28.5 Å². The molecule has 0 aromatic heterocycles. The highest BCUT2D eigenvalue weighted by atomic mass is 19.1. The molecule has 2 rings (SSSR count). The molecule has 0 saturated carbocycles. The Morgan fingerprint density at radius 3 is 2.63 bits per heavy atom. The quantitative estimate of drug-likeness (QED) is 0.559. The average molecular weight is 369 g/mol. The normalized spacial score (nSPS) is 10.7. The molecule has 0 spiro atoms. The van der Waals surface area contributed by atoms with Crippen LogP contribution in [0.15, 0.2) is 35.3 Å². The Balaban J connectivity index is 2.71. The molecule has 0 heterocycles. The molecule has 0 unspecified atom stereocenters. The van der Waals surface area contributed by atoms with E-state index in [2.05, 4.69) is 10.3 Å². The van der Waals surface area contributed by atoms with Gasteiger partial charge in [-0.2, -0.15) is 10.5 Å².